The van der Waals surface area contributed by atoms with Gasteiger partial charge in [0.1, 0.15) is 10.8 Å². The zero-order valence-corrected chi connectivity index (χ0v) is 13.4. The Morgan fingerprint density at radius 1 is 1.43 bits per heavy atom. The van der Waals surface area contributed by atoms with E-state index in [4.69, 9.17) is 4.98 Å². The van der Waals surface area contributed by atoms with Crippen LogP contribution in [-0.4, -0.2) is 16.5 Å². The Labute approximate surface area is 128 Å². The van der Waals surface area contributed by atoms with Crippen LogP contribution in [0.3, 0.4) is 0 Å². The van der Waals surface area contributed by atoms with E-state index in [1.807, 2.05) is 0 Å². The lowest BCUT2D eigenvalue weighted by molar-refractivity contribution is 0.260. The molecule has 0 aromatic carbocycles. The van der Waals surface area contributed by atoms with Gasteiger partial charge in [0, 0.05) is 10.9 Å². The predicted octanol–water partition coefficient (Wildman–Crippen LogP) is 3.97. The summed E-state index contributed by atoms with van der Waals surface area (Å²) in [6.07, 6.45) is 3.36. The molecule has 0 aliphatic heterocycles. The fourth-order valence-electron chi connectivity index (χ4n) is 2.96. The van der Waals surface area contributed by atoms with Gasteiger partial charge in [0.2, 0.25) is 0 Å². The molecule has 3 nitrogen and oxygen atoms in total. The van der Waals surface area contributed by atoms with Crippen molar-refractivity contribution in [2.24, 2.45) is 5.41 Å². The Morgan fingerprint density at radius 3 is 2.90 bits per heavy atom. The highest BCUT2D eigenvalue weighted by atomic mass is 32.1. The lowest BCUT2D eigenvalue weighted by atomic mass is 9.76. The summed E-state index contributed by atoms with van der Waals surface area (Å²) in [5.41, 5.74) is 2.17. The molecule has 0 saturated heterocycles. The zero-order chi connectivity index (χ0) is 15.0. The van der Waals surface area contributed by atoms with Crippen molar-refractivity contribution in [2.45, 2.75) is 39.7 Å². The molecule has 0 fully saturated rings. The molecule has 21 heavy (non-hydrogen) atoms. The molecule has 1 aliphatic carbocycles. The Bertz CT molecular complexity index is 633. The second-order valence-electron chi connectivity index (χ2n) is 6.35. The molecule has 0 bridgehead atoms. The molecule has 1 atom stereocenters. The number of nitrogens with zero attached hydrogens (tertiary/aromatic N) is 2. The minimum Gasteiger partial charge on any atom is -0.309 e. The molecule has 0 amide bonds. The number of pyridine rings is 1. The fourth-order valence-corrected chi connectivity index (χ4v) is 4.09. The van der Waals surface area contributed by atoms with Crippen LogP contribution >= 0.6 is 11.3 Å². The van der Waals surface area contributed by atoms with Crippen molar-refractivity contribution in [2.75, 3.05) is 6.54 Å². The summed E-state index contributed by atoms with van der Waals surface area (Å²) < 4.78 is 13.0. The second kappa shape index (κ2) is 5.46. The first kappa shape index (κ1) is 14.6. The van der Waals surface area contributed by atoms with Crippen LogP contribution in [0.5, 0.6) is 0 Å². The summed E-state index contributed by atoms with van der Waals surface area (Å²) in [6, 6.07) is 3.50. The summed E-state index contributed by atoms with van der Waals surface area (Å²) >= 11 is 1.68. The van der Waals surface area contributed by atoms with Crippen LogP contribution in [0, 0.1) is 11.2 Å². The molecule has 0 saturated carbocycles. The summed E-state index contributed by atoms with van der Waals surface area (Å²) in [4.78, 5) is 10.2. The van der Waals surface area contributed by atoms with Crippen LogP contribution in [0.4, 0.5) is 4.39 Å². The topological polar surface area (TPSA) is 37.8 Å². The first-order valence-electron chi connectivity index (χ1n) is 7.33. The van der Waals surface area contributed by atoms with Crippen molar-refractivity contribution in [3.8, 4) is 10.7 Å². The van der Waals surface area contributed by atoms with Gasteiger partial charge in [-0.2, -0.15) is 0 Å². The number of thiazole rings is 1. The molecular formula is C16H20FN3S. The van der Waals surface area contributed by atoms with E-state index in [2.05, 4.69) is 31.1 Å². The van der Waals surface area contributed by atoms with E-state index in [1.165, 1.54) is 22.8 Å². The maximum atomic E-state index is 13.0. The molecule has 3 rings (SSSR count). The van der Waals surface area contributed by atoms with E-state index < -0.39 is 0 Å². The monoisotopic (exact) mass is 305 g/mol. The smallest absolute Gasteiger partial charge is 0.142 e. The van der Waals surface area contributed by atoms with Crippen LogP contribution in [0.25, 0.3) is 10.7 Å². The highest BCUT2D eigenvalue weighted by Crippen LogP contribution is 2.44. The summed E-state index contributed by atoms with van der Waals surface area (Å²) in [7, 11) is 0. The van der Waals surface area contributed by atoms with Crippen molar-refractivity contribution < 1.29 is 4.39 Å². The van der Waals surface area contributed by atoms with Gasteiger partial charge in [-0.15, -0.1) is 11.3 Å². The van der Waals surface area contributed by atoms with E-state index in [1.54, 1.807) is 17.4 Å². The van der Waals surface area contributed by atoms with Crippen molar-refractivity contribution >= 4 is 11.3 Å². The van der Waals surface area contributed by atoms with Crippen LogP contribution in [0.1, 0.15) is 43.8 Å². The second-order valence-corrected chi connectivity index (χ2v) is 7.38. The van der Waals surface area contributed by atoms with Gasteiger partial charge in [-0.1, -0.05) is 20.8 Å². The molecule has 0 spiro atoms. The zero-order valence-electron chi connectivity index (χ0n) is 12.6. The van der Waals surface area contributed by atoms with Gasteiger partial charge in [-0.3, -0.25) is 4.98 Å². The number of fused-ring (bicyclic) bond motifs is 1. The molecule has 2 heterocycles. The number of aromatic nitrogens is 2. The normalized spacial score (nSPS) is 20.3. The van der Waals surface area contributed by atoms with Crippen LogP contribution in [0.15, 0.2) is 18.3 Å². The Morgan fingerprint density at radius 2 is 2.24 bits per heavy atom. The van der Waals surface area contributed by atoms with E-state index in [9.17, 15) is 4.39 Å². The number of hydrogen-bond donors (Lipinski definition) is 1. The fraction of sp³-hybridized carbons (Fsp3) is 0.500. The standard InChI is InChI=1S/C16H20FN3S/c1-4-18-12-7-16(2,3)8-13-14(12)21-15(20-13)11-6-5-10(17)9-19-11/h5-6,9,12,18H,4,7-8H2,1-3H3. The molecule has 2 aromatic rings. The van der Waals surface area contributed by atoms with Gasteiger partial charge >= 0.3 is 0 Å². The van der Waals surface area contributed by atoms with Crippen molar-refractivity contribution in [1.82, 2.24) is 15.3 Å². The molecule has 2 aromatic heterocycles. The SMILES string of the molecule is CCNC1CC(C)(C)Cc2nc(-c3ccc(F)cn3)sc21. The van der Waals surface area contributed by atoms with Crippen molar-refractivity contribution in [1.29, 1.82) is 0 Å². The molecular weight excluding hydrogens is 285 g/mol. The average Bonchev–Trinajstić information content (AvgIpc) is 2.82. The summed E-state index contributed by atoms with van der Waals surface area (Å²) in [5, 5.41) is 4.45. The van der Waals surface area contributed by atoms with E-state index in [-0.39, 0.29) is 11.2 Å². The third-order valence-electron chi connectivity index (χ3n) is 3.84. The predicted molar refractivity (Wildman–Crippen MR) is 83.8 cm³/mol. The number of rotatable bonds is 3. The Balaban J connectivity index is 1.99. The van der Waals surface area contributed by atoms with Crippen LogP contribution in [-0.2, 0) is 6.42 Å². The molecule has 0 radical (unpaired) electrons. The van der Waals surface area contributed by atoms with Gasteiger partial charge in [0.15, 0.2) is 0 Å². The maximum Gasteiger partial charge on any atom is 0.142 e. The molecule has 1 N–H and O–H groups in total. The Hall–Kier alpha value is -1.33. The minimum absolute atomic E-state index is 0.251. The van der Waals surface area contributed by atoms with Gasteiger partial charge in [-0.05, 0) is 36.9 Å². The Kier molecular flexibility index (Phi) is 3.80. The maximum absolute atomic E-state index is 13.0. The lowest BCUT2D eigenvalue weighted by Gasteiger charge is -2.34. The van der Waals surface area contributed by atoms with E-state index in [0.29, 0.717) is 6.04 Å². The third-order valence-corrected chi connectivity index (χ3v) is 5.08. The lowest BCUT2D eigenvalue weighted by Crippen LogP contribution is -2.32. The highest BCUT2D eigenvalue weighted by molar-refractivity contribution is 7.15. The quantitative estimate of drug-likeness (QED) is 0.932. The largest absolute Gasteiger partial charge is 0.309 e. The van der Waals surface area contributed by atoms with Gasteiger partial charge < -0.3 is 5.32 Å². The van der Waals surface area contributed by atoms with Crippen molar-refractivity contribution in [3.05, 3.63) is 34.7 Å². The summed E-state index contributed by atoms with van der Waals surface area (Å²) in [5.74, 6) is -0.313. The van der Waals surface area contributed by atoms with Crippen LogP contribution in [0.2, 0.25) is 0 Å². The molecule has 1 unspecified atom stereocenters. The first-order chi connectivity index (χ1) is 9.98. The average molecular weight is 305 g/mol. The number of nitrogens with one attached hydrogen (secondary N) is 1. The van der Waals surface area contributed by atoms with Crippen LogP contribution < -0.4 is 5.32 Å². The van der Waals surface area contributed by atoms with Gasteiger partial charge in [-0.25, -0.2) is 9.37 Å². The third kappa shape index (κ3) is 2.99. The van der Waals surface area contributed by atoms with E-state index >= 15 is 0 Å². The molecule has 1 aliphatic rings. The van der Waals surface area contributed by atoms with E-state index in [0.717, 1.165) is 30.1 Å². The number of hydrogen-bond acceptors (Lipinski definition) is 4. The highest BCUT2D eigenvalue weighted by Gasteiger charge is 2.34. The summed E-state index contributed by atoms with van der Waals surface area (Å²) in [6.45, 7) is 7.65. The first-order valence-corrected chi connectivity index (χ1v) is 8.15. The van der Waals surface area contributed by atoms with Gasteiger partial charge in [0.05, 0.1) is 17.6 Å². The minimum atomic E-state index is -0.313. The van der Waals surface area contributed by atoms with Crippen molar-refractivity contribution in [3.63, 3.8) is 0 Å². The van der Waals surface area contributed by atoms with Gasteiger partial charge in [0.25, 0.3) is 0 Å². The molecule has 112 valence electrons. The molecule has 5 heteroatoms. The number of halogens is 1.